The molecule has 196 valence electrons. The Labute approximate surface area is 218 Å². The number of allylic oxidation sites excluding steroid dienone is 2. The SMILES string of the molecule is COc1cc(Cc2nccc3cc(OC)c(OC)cc23)c(NC(=O)C2C(C=C(C)C)C2(C)C)cc1OC. The number of ether oxygens (including phenoxy) is 4. The molecule has 0 aliphatic heterocycles. The van der Waals surface area contributed by atoms with Gasteiger partial charge >= 0.3 is 0 Å². The predicted molar refractivity (Wildman–Crippen MR) is 146 cm³/mol. The highest BCUT2D eigenvalue weighted by atomic mass is 16.5. The zero-order valence-electron chi connectivity index (χ0n) is 22.9. The first-order valence-corrected chi connectivity index (χ1v) is 12.3. The molecule has 0 bridgehead atoms. The molecule has 2 atom stereocenters. The first-order valence-electron chi connectivity index (χ1n) is 12.3. The van der Waals surface area contributed by atoms with Crippen molar-refractivity contribution in [1.82, 2.24) is 4.98 Å². The fraction of sp³-hybridized carbons (Fsp3) is 0.400. The number of nitrogens with one attached hydrogen (secondary N) is 1. The number of methoxy groups -OCH3 is 4. The van der Waals surface area contributed by atoms with Gasteiger partial charge in [-0.15, -0.1) is 0 Å². The molecule has 1 heterocycles. The van der Waals surface area contributed by atoms with Crippen LogP contribution in [-0.4, -0.2) is 39.3 Å². The summed E-state index contributed by atoms with van der Waals surface area (Å²) in [5.74, 6) is 2.53. The van der Waals surface area contributed by atoms with Gasteiger partial charge in [-0.2, -0.15) is 0 Å². The molecule has 1 N–H and O–H groups in total. The summed E-state index contributed by atoms with van der Waals surface area (Å²) in [6, 6.07) is 9.55. The molecule has 0 radical (unpaired) electrons. The molecule has 7 heteroatoms. The molecule has 1 saturated carbocycles. The van der Waals surface area contributed by atoms with Crippen LogP contribution in [0.5, 0.6) is 23.0 Å². The normalized spacial score (nSPS) is 17.6. The largest absolute Gasteiger partial charge is 0.493 e. The summed E-state index contributed by atoms with van der Waals surface area (Å²) in [6.07, 6.45) is 4.44. The Morgan fingerprint density at radius 1 is 0.946 bits per heavy atom. The summed E-state index contributed by atoms with van der Waals surface area (Å²) in [4.78, 5) is 18.1. The van der Waals surface area contributed by atoms with Crippen molar-refractivity contribution >= 4 is 22.4 Å². The number of benzene rings is 2. The van der Waals surface area contributed by atoms with Crippen molar-refractivity contribution in [3.8, 4) is 23.0 Å². The Balaban J connectivity index is 1.74. The van der Waals surface area contributed by atoms with Gasteiger partial charge in [-0.1, -0.05) is 25.5 Å². The van der Waals surface area contributed by atoms with Gasteiger partial charge in [0.05, 0.1) is 40.1 Å². The van der Waals surface area contributed by atoms with Crippen LogP contribution >= 0.6 is 0 Å². The van der Waals surface area contributed by atoms with E-state index in [0.717, 1.165) is 22.0 Å². The van der Waals surface area contributed by atoms with E-state index in [4.69, 9.17) is 18.9 Å². The molecule has 1 amide bonds. The van der Waals surface area contributed by atoms with Crippen LogP contribution < -0.4 is 24.3 Å². The minimum atomic E-state index is -0.101. The Kier molecular flexibility index (Phi) is 7.35. The lowest BCUT2D eigenvalue weighted by Gasteiger charge is -2.17. The molecule has 1 aromatic heterocycles. The number of hydrogen-bond donors (Lipinski definition) is 1. The minimum Gasteiger partial charge on any atom is -0.493 e. The van der Waals surface area contributed by atoms with E-state index in [9.17, 15) is 4.79 Å². The molecular weight excluding hydrogens is 468 g/mol. The van der Waals surface area contributed by atoms with Gasteiger partial charge in [-0.05, 0) is 60.4 Å². The molecule has 0 spiro atoms. The molecule has 2 unspecified atom stereocenters. The number of rotatable bonds is 9. The van der Waals surface area contributed by atoms with Gasteiger partial charge in [0.2, 0.25) is 5.91 Å². The van der Waals surface area contributed by atoms with E-state index in [1.807, 2.05) is 30.3 Å². The minimum absolute atomic E-state index is 0.00162. The number of hydrogen-bond acceptors (Lipinski definition) is 6. The Bertz CT molecular complexity index is 1360. The van der Waals surface area contributed by atoms with Crippen molar-refractivity contribution in [1.29, 1.82) is 0 Å². The summed E-state index contributed by atoms with van der Waals surface area (Å²) in [5, 5.41) is 5.12. The monoisotopic (exact) mass is 504 g/mol. The highest BCUT2D eigenvalue weighted by Gasteiger charge is 2.60. The average Bonchev–Trinajstić information content (AvgIpc) is 3.42. The molecule has 0 saturated heterocycles. The van der Waals surface area contributed by atoms with E-state index in [1.54, 1.807) is 34.6 Å². The fourth-order valence-corrected chi connectivity index (χ4v) is 5.12. The number of nitrogens with zero attached hydrogens (tertiary/aromatic N) is 1. The van der Waals surface area contributed by atoms with Crippen LogP contribution in [0.15, 0.2) is 48.2 Å². The topological polar surface area (TPSA) is 78.9 Å². The van der Waals surface area contributed by atoms with E-state index in [-0.39, 0.29) is 23.2 Å². The fourth-order valence-electron chi connectivity index (χ4n) is 5.12. The van der Waals surface area contributed by atoms with Crippen LogP contribution in [0.1, 0.15) is 39.0 Å². The molecule has 1 fully saturated rings. The molecule has 7 nitrogen and oxygen atoms in total. The van der Waals surface area contributed by atoms with Crippen LogP contribution in [0.3, 0.4) is 0 Å². The maximum Gasteiger partial charge on any atom is 0.228 e. The summed E-state index contributed by atoms with van der Waals surface area (Å²) in [6.45, 7) is 8.41. The standard InChI is InChI=1S/C30H36N2O5/c1-17(2)11-21-28(30(21,3)4)29(33)32-22-16-27(37-8)25(35-6)14-19(22)12-23-20-15-26(36-7)24(34-5)13-18(20)9-10-31-23/h9-11,13-16,21,28H,12H2,1-8H3,(H,32,33). The van der Waals surface area contributed by atoms with Crippen molar-refractivity contribution in [2.45, 2.75) is 34.1 Å². The van der Waals surface area contributed by atoms with Crippen LogP contribution in [0.2, 0.25) is 0 Å². The van der Waals surface area contributed by atoms with Crippen LogP contribution in [0.4, 0.5) is 5.69 Å². The Morgan fingerprint density at radius 3 is 2.16 bits per heavy atom. The van der Waals surface area contributed by atoms with Gasteiger partial charge in [0.25, 0.3) is 0 Å². The van der Waals surface area contributed by atoms with Gasteiger partial charge < -0.3 is 24.3 Å². The van der Waals surface area contributed by atoms with E-state index in [2.05, 4.69) is 44.1 Å². The smallest absolute Gasteiger partial charge is 0.228 e. The second kappa shape index (κ2) is 10.3. The lowest BCUT2D eigenvalue weighted by atomic mass is 10.0. The van der Waals surface area contributed by atoms with Gasteiger partial charge in [0.15, 0.2) is 23.0 Å². The van der Waals surface area contributed by atoms with Crippen molar-refractivity contribution < 1.29 is 23.7 Å². The van der Waals surface area contributed by atoms with Crippen LogP contribution in [-0.2, 0) is 11.2 Å². The molecule has 37 heavy (non-hydrogen) atoms. The molecule has 1 aliphatic rings. The van der Waals surface area contributed by atoms with Crippen LogP contribution in [0, 0.1) is 17.3 Å². The third-order valence-corrected chi connectivity index (χ3v) is 7.28. The van der Waals surface area contributed by atoms with Gasteiger partial charge in [-0.3, -0.25) is 9.78 Å². The summed E-state index contributed by atoms with van der Waals surface area (Å²) in [7, 11) is 6.42. The van der Waals surface area contributed by atoms with Crippen molar-refractivity contribution in [3.63, 3.8) is 0 Å². The lowest BCUT2D eigenvalue weighted by Crippen LogP contribution is -2.18. The number of aromatic nitrogens is 1. The number of carbonyl (C=O) groups is 1. The molecule has 3 aromatic rings. The zero-order chi connectivity index (χ0) is 26.9. The summed E-state index contributed by atoms with van der Waals surface area (Å²) in [5.41, 5.74) is 3.52. The number of pyridine rings is 1. The zero-order valence-corrected chi connectivity index (χ0v) is 22.9. The van der Waals surface area contributed by atoms with E-state index >= 15 is 0 Å². The first kappa shape index (κ1) is 26.3. The predicted octanol–water partition coefficient (Wildman–Crippen LogP) is 6.04. The maximum absolute atomic E-state index is 13.4. The number of fused-ring (bicyclic) bond motifs is 1. The number of anilines is 1. The van der Waals surface area contributed by atoms with Gasteiger partial charge in [0.1, 0.15) is 0 Å². The van der Waals surface area contributed by atoms with E-state index in [0.29, 0.717) is 35.1 Å². The quantitative estimate of drug-likeness (QED) is 0.358. The second-order valence-electron chi connectivity index (χ2n) is 10.3. The molecule has 1 aliphatic carbocycles. The van der Waals surface area contributed by atoms with Gasteiger partial charge in [0, 0.05) is 29.8 Å². The third kappa shape index (κ3) is 5.08. The Morgan fingerprint density at radius 2 is 1.54 bits per heavy atom. The van der Waals surface area contributed by atoms with Crippen molar-refractivity contribution in [3.05, 3.63) is 59.4 Å². The Hall–Kier alpha value is -3.74. The third-order valence-electron chi connectivity index (χ3n) is 7.28. The van der Waals surface area contributed by atoms with Crippen LogP contribution in [0.25, 0.3) is 10.8 Å². The van der Waals surface area contributed by atoms with E-state index in [1.165, 1.54) is 5.57 Å². The molecular formula is C30H36N2O5. The first-order chi connectivity index (χ1) is 17.6. The summed E-state index contributed by atoms with van der Waals surface area (Å²) < 4.78 is 22.1. The molecule has 2 aromatic carbocycles. The number of carbonyl (C=O) groups excluding carboxylic acids is 1. The van der Waals surface area contributed by atoms with Crippen molar-refractivity contribution in [2.24, 2.45) is 17.3 Å². The van der Waals surface area contributed by atoms with Crippen molar-refractivity contribution in [2.75, 3.05) is 33.8 Å². The van der Waals surface area contributed by atoms with Gasteiger partial charge in [-0.25, -0.2) is 0 Å². The number of amides is 1. The van der Waals surface area contributed by atoms with E-state index < -0.39 is 0 Å². The summed E-state index contributed by atoms with van der Waals surface area (Å²) >= 11 is 0. The highest BCUT2D eigenvalue weighted by Crippen LogP contribution is 2.59. The molecule has 4 rings (SSSR count). The highest BCUT2D eigenvalue weighted by molar-refractivity contribution is 5.97. The second-order valence-corrected chi connectivity index (χ2v) is 10.3. The maximum atomic E-state index is 13.4. The average molecular weight is 505 g/mol. The lowest BCUT2D eigenvalue weighted by molar-refractivity contribution is -0.118.